The fourth-order valence-corrected chi connectivity index (χ4v) is 3.25. The molecule has 0 spiro atoms. The Kier molecular flexibility index (Phi) is 4.54. The molecule has 1 aliphatic heterocycles. The normalized spacial score (nSPS) is 13.2. The van der Waals surface area contributed by atoms with Crippen LogP contribution >= 0.6 is 0 Å². The lowest BCUT2D eigenvalue weighted by molar-refractivity contribution is 0.0728. The highest BCUT2D eigenvalue weighted by Gasteiger charge is 2.23. The van der Waals surface area contributed by atoms with Crippen LogP contribution in [-0.2, 0) is 13.0 Å². The van der Waals surface area contributed by atoms with Gasteiger partial charge in [0.05, 0.1) is 5.69 Å². The molecule has 1 aromatic heterocycles. The van der Waals surface area contributed by atoms with E-state index in [-0.39, 0.29) is 17.5 Å². The van der Waals surface area contributed by atoms with Crippen molar-refractivity contribution >= 4 is 17.5 Å². The molecule has 0 atom stereocenters. The van der Waals surface area contributed by atoms with Crippen molar-refractivity contribution in [3.63, 3.8) is 0 Å². The molecule has 0 unspecified atom stereocenters. The molecule has 0 saturated carbocycles. The Hall–Kier alpha value is -3.28. The van der Waals surface area contributed by atoms with Crippen LogP contribution in [0.25, 0.3) is 0 Å². The van der Waals surface area contributed by atoms with Crippen molar-refractivity contribution in [1.82, 2.24) is 14.9 Å². The second-order valence-electron chi connectivity index (χ2n) is 6.57. The average molecular weight is 362 g/mol. The second kappa shape index (κ2) is 7.15. The highest BCUT2D eigenvalue weighted by Crippen LogP contribution is 2.21. The SMILES string of the molecule is Cc1cc(C(=O)N2CCc3ccccc3C2)nc(Nc2ccccc2F)n1. The van der Waals surface area contributed by atoms with E-state index in [0.29, 0.717) is 24.5 Å². The number of amides is 1. The zero-order valence-electron chi connectivity index (χ0n) is 14.9. The van der Waals surface area contributed by atoms with Crippen molar-refractivity contribution in [2.75, 3.05) is 11.9 Å². The van der Waals surface area contributed by atoms with E-state index in [2.05, 4.69) is 21.4 Å². The zero-order valence-corrected chi connectivity index (χ0v) is 14.9. The molecule has 1 aliphatic rings. The van der Waals surface area contributed by atoms with E-state index < -0.39 is 5.82 Å². The maximum atomic E-state index is 13.9. The van der Waals surface area contributed by atoms with Crippen LogP contribution in [0, 0.1) is 12.7 Å². The van der Waals surface area contributed by atoms with Gasteiger partial charge >= 0.3 is 0 Å². The van der Waals surface area contributed by atoms with Crippen LogP contribution in [-0.4, -0.2) is 27.3 Å². The molecule has 0 radical (unpaired) electrons. The minimum atomic E-state index is -0.400. The first-order valence-electron chi connectivity index (χ1n) is 8.83. The largest absolute Gasteiger partial charge is 0.333 e. The minimum absolute atomic E-state index is 0.147. The smallest absolute Gasteiger partial charge is 0.272 e. The molecular formula is C21H19FN4O. The Balaban J connectivity index is 1.58. The van der Waals surface area contributed by atoms with Gasteiger partial charge < -0.3 is 10.2 Å². The molecule has 2 heterocycles. The Morgan fingerprint density at radius 2 is 1.81 bits per heavy atom. The van der Waals surface area contributed by atoms with Crippen LogP contribution in [0.15, 0.2) is 54.6 Å². The number of carbonyl (C=O) groups excluding carboxylic acids is 1. The molecule has 3 aromatic rings. The summed E-state index contributed by atoms with van der Waals surface area (Å²) in [4.78, 5) is 23.4. The molecule has 6 heteroatoms. The van der Waals surface area contributed by atoms with Gasteiger partial charge in [0.15, 0.2) is 0 Å². The lowest BCUT2D eigenvalue weighted by Crippen LogP contribution is -2.36. The predicted octanol–water partition coefficient (Wildman–Crippen LogP) is 3.87. The molecule has 0 saturated heterocycles. The van der Waals surface area contributed by atoms with Gasteiger partial charge in [-0.05, 0) is 42.7 Å². The fourth-order valence-electron chi connectivity index (χ4n) is 3.25. The zero-order chi connectivity index (χ0) is 18.8. The van der Waals surface area contributed by atoms with Gasteiger partial charge in [0.2, 0.25) is 5.95 Å². The van der Waals surface area contributed by atoms with Crippen molar-refractivity contribution in [3.8, 4) is 0 Å². The van der Waals surface area contributed by atoms with Crippen LogP contribution in [0.5, 0.6) is 0 Å². The average Bonchev–Trinajstić information content (AvgIpc) is 2.68. The van der Waals surface area contributed by atoms with Gasteiger partial charge in [-0.3, -0.25) is 4.79 Å². The number of hydrogen-bond acceptors (Lipinski definition) is 4. The Morgan fingerprint density at radius 3 is 2.63 bits per heavy atom. The summed E-state index contributed by atoms with van der Waals surface area (Å²) >= 11 is 0. The monoisotopic (exact) mass is 362 g/mol. The highest BCUT2D eigenvalue weighted by atomic mass is 19.1. The molecule has 27 heavy (non-hydrogen) atoms. The number of anilines is 2. The van der Waals surface area contributed by atoms with Gasteiger partial charge in [0.25, 0.3) is 5.91 Å². The van der Waals surface area contributed by atoms with E-state index >= 15 is 0 Å². The highest BCUT2D eigenvalue weighted by molar-refractivity contribution is 5.93. The molecule has 0 bridgehead atoms. The molecule has 1 amide bonds. The number of halogens is 1. The lowest BCUT2D eigenvalue weighted by Gasteiger charge is -2.28. The van der Waals surface area contributed by atoms with Crippen molar-refractivity contribution in [3.05, 3.63) is 82.9 Å². The summed E-state index contributed by atoms with van der Waals surface area (Å²) in [6.07, 6.45) is 0.826. The molecule has 0 aliphatic carbocycles. The first-order valence-corrected chi connectivity index (χ1v) is 8.83. The third-order valence-corrected chi connectivity index (χ3v) is 4.61. The number of para-hydroxylation sites is 1. The maximum absolute atomic E-state index is 13.9. The number of fused-ring (bicyclic) bond motifs is 1. The summed E-state index contributed by atoms with van der Waals surface area (Å²) in [6, 6.07) is 16.1. The van der Waals surface area contributed by atoms with Crippen LogP contribution in [0.1, 0.15) is 27.3 Å². The standard InChI is InChI=1S/C21H19FN4O/c1-14-12-19(25-21(23-14)24-18-9-5-4-8-17(18)22)20(27)26-11-10-15-6-2-3-7-16(15)13-26/h2-9,12H,10-11,13H2,1H3,(H,23,24,25). The van der Waals surface area contributed by atoms with Crippen molar-refractivity contribution in [1.29, 1.82) is 0 Å². The van der Waals surface area contributed by atoms with Crippen molar-refractivity contribution in [2.24, 2.45) is 0 Å². The Labute approximate surface area is 156 Å². The quantitative estimate of drug-likeness (QED) is 0.768. The van der Waals surface area contributed by atoms with E-state index in [1.807, 2.05) is 18.2 Å². The van der Waals surface area contributed by atoms with Gasteiger partial charge in [0, 0.05) is 18.8 Å². The Morgan fingerprint density at radius 1 is 1.07 bits per heavy atom. The molecule has 2 aromatic carbocycles. The van der Waals surface area contributed by atoms with Gasteiger partial charge in [-0.2, -0.15) is 0 Å². The third kappa shape index (κ3) is 3.65. The maximum Gasteiger partial charge on any atom is 0.272 e. The minimum Gasteiger partial charge on any atom is -0.333 e. The molecule has 136 valence electrons. The first-order chi connectivity index (χ1) is 13.1. The fraction of sp³-hybridized carbons (Fsp3) is 0.190. The van der Waals surface area contributed by atoms with Gasteiger partial charge in [-0.25, -0.2) is 14.4 Å². The molecule has 4 rings (SSSR count). The molecule has 0 fully saturated rings. The van der Waals surface area contributed by atoms with E-state index in [4.69, 9.17) is 0 Å². The molecule has 5 nitrogen and oxygen atoms in total. The molecule has 1 N–H and O–H groups in total. The molecular weight excluding hydrogens is 343 g/mol. The van der Waals surface area contributed by atoms with Crippen LogP contribution < -0.4 is 5.32 Å². The van der Waals surface area contributed by atoms with E-state index in [1.54, 1.807) is 36.1 Å². The van der Waals surface area contributed by atoms with E-state index in [9.17, 15) is 9.18 Å². The van der Waals surface area contributed by atoms with E-state index in [1.165, 1.54) is 11.6 Å². The van der Waals surface area contributed by atoms with Gasteiger partial charge in [-0.15, -0.1) is 0 Å². The van der Waals surface area contributed by atoms with Crippen molar-refractivity contribution in [2.45, 2.75) is 19.9 Å². The summed E-state index contributed by atoms with van der Waals surface area (Å²) < 4.78 is 13.9. The number of carbonyl (C=O) groups is 1. The number of aromatic nitrogens is 2. The predicted molar refractivity (Wildman–Crippen MR) is 101 cm³/mol. The summed E-state index contributed by atoms with van der Waals surface area (Å²) in [6.45, 7) is 3.00. The number of rotatable bonds is 3. The van der Waals surface area contributed by atoms with E-state index in [0.717, 1.165) is 12.0 Å². The lowest BCUT2D eigenvalue weighted by atomic mass is 10.00. The number of nitrogens with zero attached hydrogens (tertiary/aromatic N) is 3. The summed E-state index contributed by atoms with van der Waals surface area (Å²) in [7, 11) is 0. The summed E-state index contributed by atoms with van der Waals surface area (Å²) in [5.41, 5.74) is 3.66. The van der Waals surface area contributed by atoms with Gasteiger partial charge in [-0.1, -0.05) is 36.4 Å². The van der Waals surface area contributed by atoms with Crippen molar-refractivity contribution < 1.29 is 9.18 Å². The number of aryl methyl sites for hydroxylation is 1. The summed E-state index contributed by atoms with van der Waals surface area (Å²) in [5, 5.41) is 2.86. The first kappa shape index (κ1) is 17.1. The van der Waals surface area contributed by atoms with Crippen LogP contribution in [0.2, 0.25) is 0 Å². The number of nitrogens with one attached hydrogen (secondary N) is 1. The van der Waals surface area contributed by atoms with Crippen LogP contribution in [0.3, 0.4) is 0 Å². The van der Waals surface area contributed by atoms with Crippen LogP contribution in [0.4, 0.5) is 16.0 Å². The number of benzene rings is 2. The number of hydrogen-bond donors (Lipinski definition) is 1. The third-order valence-electron chi connectivity index (χ3n) is 4.61. The summed E-state index contributed by atoms with van der Waals surface area (Å²) in [5.74, 6) is -0.337. The topological polar surface area (TPSA) is 58.1 Å². The second-order valence-corrected chi connectivity index (χ2v) is 6.57. The van der Waals surface area contributed by atoms with Gasteiger partial charge in [0.1, 0.15) is 11.5 Å². The Bertz CT molecular complexity index is 1000.